The molecular weight excluding hydrogens is 378 g/mol. The van der Waals surface area contributed by atoms with Crippen LogP contribution in [0.15, 0.2) is 60.9 Å². The normalized spacial score (nSPS) is 11.1. The van der Waals surface area contributed by atoms with E-state index in [9.17, 15) is 0 Å². The summed E-state index contributed by atoms with van der Waals surface area (Å²) in [5.41, 5.74) is 5.67. The van der Waals surface area contributed by atoms with Crippen LogP contribution in [0.3, 0.4) is 0 Å². The van der Waals surface area contributed by atoms with Gasteiger partial charge in [0.1, 0.15) is 5.82 Å². The molecule has 0 saturated heterocycles. The molecule has 0 saturated carbocycles. The summed E-state index contributed by atoms with van der Waals surface area (Å²) in [5.74, 6) is 1.45. The van der Waals surface area contributed by atoms with E-state index in [0.29, 0.717) is 12.4 Å². The molecule has 0 fully saturated rings. The fourth-order valence-electron chi connectivity index (χ4n) is 3.34. The van der Waals surface area contributed by atoms with Crippen molar-refractivity contribution in [3.8, 4) is 22.6 Å². The fraction of sp³-hybridized carbons (Fsp3) is 0.143. The molecule has 0 unspecified atom stereocenters. The largest absolute Gasteiger partial charge is 0.366 e. The number of tetrazole rings is 1. The van der Waals surface area contributed by atoms with Gasteiger partial charge < -0.3 is 5.32 Å². The quantitative estimate of drug-likeness (QED) is 0.453. The Morgan fingerprint density at radius 3 is 2.77 bits per heavy atom. The number of pyridine rings is 1. The molecule has 0 aliphatic heterocycles. The topological polar surface area (TPSA) is 110 Å². The SMILES string of the molecule is CCc1cc(NCc2ccc(-c3ncccc3-c3nn[nH]n3)cc2)n2nccc2n1. The lowest BCUT2D eigenvalue weighted by atomic mass is 10.0. The molecule has 5 rings (SSSR count). The first kappa shape index (κ1) is 17.9. The molecule has 4 heterocycles. The summed E-state index contributed by atoms with van der Waals surface area (Å²) in [6.07, 6.45) is 4.40. The van der Waals surface area contributed by atoms with Gasteiger partial charge in [0.05, 0.1) is 11.9 Å². The number of nitrogens with zero attached hydrogens (tertiary/aromatic N) is 7. The lowest BCUT2D eigenvalue weighted by molar-refractivity contribution is 0.881. The first-order chi connectivity index (χ1) is 14.8. The first-order valence-electron chi connectivity index (χ1n) is 9.67. The van der Waals surface area contributed by atoms with Crippen LogP contribution in [0.5, 0.6) is 0 Å². The van der Waals surface area contributed by atoms with Gasteiger partial charge in [-0.05, 0) is 29.3 Å². The summed E-state index contributed by atoms with van der Waals surface area (Å²) in [7, 11) is 0. The van der Waals surface area contributed by atoms with Crippen molar-refractivity contribution in [1.82, 2.24) is 40.2 Å². The Hall–Kier alpha value is -4.14. The smallest absolute Gasteiger partial charge is 0.206 e. The maximum atomic E-state index is 4.58. The summed E-state index contributed by atoms with van der Waals surface area (Å²) in [6.45, 7) is 2.76. The van der Waals surface area contributed by atoms with Gasteiger partial charge in [0.15, 0.2) is 5.65 Å². The van der Waals surface area contributed by atoms with Crippen LogP contribution >= 0.6 is 0 Å². The molecule has 30 heavy (non-hydrogen) atoms. The molecule has 9 nitrogen and oxygen atoms in total. The second-order valence-electron chi connectivity index (χ2n) is 6.77. The van der Waals surface area contributed by atoms with Gasteiger partial charge in [-0.15, -0.1) is 10.2 Å². The molecule has 4 aromatic heterocycles. The average molecular weight is 397 g/mol. The minimum absolute atomic E-state index is 0.525. The van der Waals surface area contributed by atoms with E-state index in [4.69, 9.17) is 0 Å². The zero-order valence-corrected chi connectivity index (χ0v) is 16.3. The summed E-state index contributed by atoms with van der Waals surface area (Å²) in [6, 6.07) is 16.0. The number of hydrogen-bond donors (Lipinski definition) is 2. The van der Waals surface area contributed by atoms with Crippen LogP contribution in [0.25, 0.3) is 28.3 Å². The fourth-order valence-corrected chi connectivity index (χ4v) is 3.34. The number of aryl methyl sites for hydroxylation is 1. The van der Waals surface area contributed by atoms with E-state index in [1.807, 2.05) is 28.8 Å². The van der Waals surface area contributed by atoms with Crippen LogP contribution < -0.4 is 5.32 Å². The van der Waals surface area contributed by atoms with E-state index in [0.717, 1.165) is 46.0 Å². The van der Waals surface area contributed by atoms with E-state index in [2.05, 4.69) is 72.2 Å². The van der Waals surface area contributed by atoms with E-state index in [-0.39, 0.29) is 0 Å². The van der Waals surface area contributed by atoms with Gasteiger partial charge in [-0.25, -0.2) is 4.98 Å². The van der Waals surface area contributed by atoms with E-state index in [1.165, 1.54) is 0 Å². The molecule has 0 atom stereocenters. The Labute approximate surface area is 172 Å². The maximum Gasteiger partial charge on any atom is 0.206 e. The molecule has 0 bridgehead atoms. The summed E-state index contributed by atoms with van der Waals surface area (Å²) >= 11 is 0. The number of rotatable bonds is 6. The molecule has 0 aliphatic carbocycles. The van der Waals surface area contributed by atoms with Gasteiger partial charge in [-0.3, -0.25) is 4.98 Å². The number of benzene rings is 1. The first-order valence-corrected chi connectivity index (χ1v) is 9.67. The van der Waals surface area contributed by atoms with Gasteiger partial charge >= 0.3 is 0 Å². The van der Waals surface area contributed by atoms with Crippen LogP contribution in [0.4, 0.5) is 5.82 Å². The summed E-state index contributed by atoms with van der Waals surface area (Å²) < 4.78 is 1.82. The Balaban J connectivity index is 1.38. The minimum Gasteiger partial charge on any atom is -0.366 e. The number of hydrogen-bond acceptors (Lipinski definition) is 7. The summed E-state index contributed by atoms with van der Waals surface area (Å²) in [4.78, 5) is 9.10. The molecule has 2 N–H and O–H groups in total. The lowest BCUT2D eigenvalue weighted by Crippen LogP contribution is -2.07. The van der Waals surface area contributed by atoms with Crippen LogP contribution in [0.1, 0.15) is 18.2 Å². The highest BCUT2D eigenvalue weighted by Crippen LogP contribution is 2.27. The molecule has 9 heteroatoms. The Morgan fingerprint density at radius 2 is 1.97 bits per heavy atom. The van der Waals surface area contributed by atoms with Gasteiger partial charge in [-0.2, -0.15) is 14.8 Å². The highest BCUT2D eigenvalue weighted by molar-refractivity contribution is 5.77. The van der Waals surface area contributed by atoms with Crippen molar-refractivity contribution in [3.05, 3.63) is 72.2 Å². The van der Waals surface area contributed by atoms with Crippen molar-refractivity contribution in [3.63, 3.8) is 0 Å². The third-order valence-electron chi connectivity index (χ3n) is 4.87. The second-order valence-corrected chi connectivity index (χ2v) is 6.77. The zero-order valence-electron chi connectivity index (χ0n) is 16.3. The lowest BCUT2D eigenvalue weighted by Gasteiger charge is -2.11. The number of nitrogens with one attached hydrogen (secondary N) is 2. The number of aromatic nitrogens is 8. The molecular formula is C21H19N9. The van der Waals surface area contributed by atoms with Gasteiger partial charge in [0.2, 0.25) is 5.82 Å². The number of fused-ring (bicyclic) bond motifs is 1. The van der Waals surface area contributed by atoms with Crippen LogP contribution in [-0.2, 0) is 13.0 Å². The predicted molar refractivity (Wildman–Crippen MR) is 113 cm³/mol. The standard InChI is InChI=1S/C21H19N9/c1-2-16-12-19(30-18(25-16)9-11-24-30)23-13-14-5-7-15(8-6-14)20-17(4-3-10-22-20)21-26-28-29-27-21/h3-12,23H,2,13H2,1H3,(H,26,27,28,29). The van der Waals surface area contributed by atoms with E-state index in [1.54, 1.807) is 12.4 Å². The number of aromatic amines is 1. The van der Waals surface area contributed by atoms with Crippen molar-refractivity contribution in [2.24, 2.45) is 0 Å². The molecule has 0 amide bonds. The number of anilines is 1. The van der Waals surface area contributed by atoms with Crippen molar-refractivity contribution in [1.29, 1.82) is 0 Å². The van der Waals surface area contributed by atoms with Crippen molar-refractivity contribution >= 4 is 11.5 Å². The monoisotopic (exact) mass is 397 g/mol. The second kappa shape index (κ2) is 7.70. The van der Waals surface area contributed by atoms with Crippen LogP contribution in [-0.4, -0.2) is 40.2 Å². The minimum atomic E-state index is 0.525. The van der Waals surface area contributed by atoms with E-state index < -0.39 is 0 Å². The van der Waals surface area contributed by atoms with Crippen molar-refractivity contribution in [2.75, 3.05) is 5.32 Å². The van der Waals surface area contributed by atoms with E-state index >= 15 is 0 Å². The molecule has 0 radical (unpaired) electrons. The van der Waals surface area contributed by atoms with Gasteiger partial charge in [0, 0.05) is 41.7 Å². The molecule has 1 aromatic carbocycles. The van der Waals surface area contributed by atoms with Gasteiger partial charge in [-0.1, -0.05) is 31.2 Å². The average Bonchev–Trinajstić information content (AvgIpc) is 3.50. The molecule has 148 valence electrons. The Morgan fingerprint density at radius 1 is 1.07 bits per heavy atom. The van der Waals surface area contributed by atoms with Crippen LogP contribution in [0.2, 0.25) is 0 Å². The van der Waals surface area contributed by atoms with Crippen molar-refractivity contribution < 1.29 is 0 Å². The van der Waals surface area contributed by atoms with Crippen LogP contribution in [0, 0.1) is 0 Å². The molecule has 0 spiro atoms. The number of H-pyrrole nitrogens is 1. The Kier molecular flexibility index (Phi) is 4.60. The van der Waals surface area contributed by atoms with Crippen molar-refractivity contribution in [2.45, 2.75) is 19.9 Å². The highest BCUT2D eigenvalue weighted by Gasteiger charge is 2.12. The third kappa shape index (κ3) is 3.37. The molecule has 5 aromatic rings. The maximum absolute atomic E-state index is 4.58. The Bertz CT molecular complexity index is 1270. The highest BCUT2D eigenvalue weighted by atomic mass is 15.5. The van der Waals surface area contributed by atoms with Gasteiger partial charge in [0.25, 0.3) is 0 Å². The third-order valence-corrected chi connectivity index (χ3v) is 4.87. The predicted octanol–water partition coefficient (Wildman–Crippen LogP) is 3.15. The summed E-state index contributed by atoms with van der Waals surface area (Å²) in [5, 5.41) is 22.1. The zero-order chi connectivity index (χ0) is 20.3. The molecule has 0 aliphatic rings.